The van der Waals surface area contributed by atoms with Crippen molar-refractivity contribution in [2.24, 2.45) is 0 Å². The van der Waals surface area contributed by atoms with Gasteiger partial charge in [0.2, 0.25) is 5.91 Å². The first-order valence-corrected chi connectivity index (χ1v) is 12.4. The van der Waals surface area contributed by atoms with Gasteiger partial charge in [-0.05, 0) is 42.3 Å². The van der Waals surface area contributed by atoms with Crippen molar-refractivity contribution in [3.05, 3.63) is 112 Å². The topological polar surface area (TPSA) is 79.8 Å². The van der Waals surface area contributed by atoms with E-state index in [1.165, 1.54) is 28.5 Å². The summed E-state index contributed by atoms with van der Waals surface area (Å²) in [6.45, 7) is 2.26. The molecule has 0 radical (unpaired) electrons. The average Bonchev–Trinajstić information content (AvgIpc) is 3.33. The second-order valence-electron chi connectivity index (χ2n) is 8.35. The van der Waals surface area contributed by atoms with E-state index in [2.05, 4.69) is 10.3 Å². The van der Waals surface area contributed by atoms with E-state index in [0.29, 0.717) is 21.9 Å². The number of thioether (sulfide) groups is 1. The molecule has 2 heterocycles. The molecule has 0 aliphatic rings. The molecule has 0 bridgehead atoms. The molecular weight excluding hydrogens is 475 g/mol. The fourth-order valence-electron chi connectivity index (χ4n) is 3.88. The first-order valence-electron chi connectivity index (χ1n) is 11.4. The number of benzene rings is 3. The molecule has 0 aliphatic heterocycles. The molecule has 0 saturated heterocycles. The molecule has 8 heteroatoms. The maximum absolute atomic E-state index is 13.6. The van der Waals surface area contributed by atoms with Gasteiger partial charge in [0, 0.05) is 18.3 Å². The Morgan fingerprint density at radius 2 is 1.75 bits per heavy atom. The van der Waals surface area contributed by atoms with Gasteiger partial charge >= 0.3 is 0 Å². The summed E-state index contributed by atoms with van der Waals surface area (Å²) in [4.78, 5) is 34.2. The van der Waals surface area contributed by atoms with Gasteiger partial charge in [0.1, 0.15) is 16.9 Å². The van der Waals surface area contributed by atoms with E-state index in [1.807, 2.05) is 61.5 Å². The van der Waals surface area contributed by atoms with Crippen molar-refractivity contribution in [3.63, 3.8) is 0 Å². The molecule has 2 aromatic heterocycles. The third kappa shape index (κ3) is 4.94. The highest BCUT2D eigenvalue weighted by atomic mass is 32.2. The van der Waals surface area contributed by atoms with Crippen molar-refractivity contribution in [2.45, 2.75) is 18.6 Å². The van der Waals surface area contributed by atoms with Gasteiger partial charge in [0.15, 0.2) is 5.16 Å². The van der Waals surface area contributed by atoms with E-state index in [9.17, 15) is 14.0 Å². The Morgan fingerprint density at radius 3 is 2.47 bits per heavy atom. The van der Waals surface area contributed by atoms with Crippen LogP contribution in [0.15, 0.2) is 95.0 Å². The van der Waals surface area contributed by atoms with Crippen molar-refractivity contribution >= 4 is 28.7 Å². The van der Waals surface area contributed by atoms with Gasteiger partial charge in [-0.2, -0.15) is 0 Å². The van der Waals surface area contributed by atoms with Crippen LogP contribution >= 0.6 is 11.8 Å². The maximum Gasteiger partial charge on any atom is 0.283 e. The maximum atomic E-state index is 13.6. The molecule has 5 aromatic rings. The molecule has 2 N–H and O–H groups in total. The number of aromatic amines is 1. The monoisotopic (exact) mass is 498 g/mol. The molecule has 0 fully saturated rings. The predicted octanol–water partition coefficient (Wildman–Crippen LogP) is 5.24. The number of hydrogen-bond acceptors (Lipinski definition) is 4. The largest absolute Gasteiger partial charge is 0.355 e. The Hall–Kier alpha value is -4.17. The van der Waals surface area contributed by atoms with Crippen LogP contribution in [-0.4, -0.2) is 26.2 Å². The first kappa shape index (κ1) is 23.6. The lowest BCUT2D eigenvalue weighted by atomic mass is 10.1. The predicted molar refractivity (Wildman–Crippen MR) is 141 cm³/mol. The zero-order valence-electron chi connectivity index (χ0n) is 19.5. The number of aryl methyl sites for hydroxylation is 1. The van der Waals surface area contributed by atoms with Crippen molar-refractivity contribution in [2.75, 3.05) is 5.75 Å². The minimum Gasteiger partial charge on any atom is -0.355 e. The molecule has 0 unspecified atom stereocenters. The Kier molecular flexibility index (Phi) is 6.69. The number of carbonyl (C=O) groups is 1. The highest BCUT2D eigenvalue weighted by Gasteiger charge is 2.18. The lowest BCUT2D eigenvalue weighted by molar-refractivity contribution is -0.118. The number of rotatable bonds is 7. The van der Waals surface area contributed by atoms with Crippen LogP contribution in [0.1, 0.15) is 11.1 Å². The third-order valence-electron chi connectivity index (χ3n) is 5.78. The number of nitrogens with zero attached hydrogens (tertiary/aromatic N) is 2. The molecule has 0 spiro atoms. The van der Waals surface area contributed by atoms with Gasteiger partial charge in [0.05, 0.1) is 11.4 Å². The van der Waals surface area contributed by atoms with Crippen LogP contribution in [0.25, 0.3) is 27.8 Å². The molecule has 5 rings (SSSR count). The van der Waals surface area contributed by atoms with Gasteiger partial charge in [0.25, 0.3) is 5.56 Å². The summed E-state index contributed by atoms with van der Waals surface area (Å²) in [5.41, 5.74) is 5.03. The lowest BCUT2D eigenvalue weighted by Crippen LogP contribution is -2.26. The highest BCUT2D eigenvalue weighted by Crippen LogP contribution is 2.28. The SMILES string of the molecule is Cc1ccc(-n2c(SCC(=O)NCc3ccc(F)cc3)nc3c(-c4ccccc4)c[nH]c3c2=O)cc1. The standard InChI is InChI=1S/C28H23FN4O2S/c1-18-7-13-22(14-8-18)33-27(35)26-25(23(16-31-26)20-5-3-2-4-6-20)32-28(33)36-17-24(34)30-15-19-9-11-21(29)12-10-19/h2-14,16,31H,15,17H2,1H3,(H,30,34). The summed E-state index contributed by atoms with van der Waals surface area (Å²) in [7, 11) is 0. The summed E-state index contributed by atoms with van der Waals surface area (Å²) in [5.74, 6) is -0.474. The molecule has 6 nitrogen and oxygen atoms in total. The van der Waals surface area contributed by atoms with Crippen molar-refractivity contribution in [1.82, 2.24) is 19.9 Å². The van der Waals surface area contributed by atoms with Crippen molar-refractivity contribution in [3.8, 4) is 16.8 Å². The van der Waals surface area contributed by atoms with E-state index in [4.69, 9.17) is 4.98 Å². The average molecular weight is 499 g/mol. The number of hydrogen-bond donors (Lipinski definition) is 2. The van der Waals surface area contributed by atoms with Crippen LogP contribution in [-0.2, 0) is 11.3 Å². The zero-order valence-corrected chi connectivity index (χ0v) is 20.3. The van der Waals surface area contributed by atoms with Crippen LogP contribution < -0.4 is 10.9 Å². The summed E-state index contributed by atoms with van der Waals surface area (Å²) in [6.07, 6.45) is 1.79. The molecule has 1 amide bonds. The molecule has 36 heavy (non-hydrogen) atoms. The molecule has 180 valence electrons. The van der Waals surface area contributed by atoms with Crippen molar-refractivity contribution in [1.29, 1.82) is 0 Å². The number of carbonyl (C=O) groups excluding carboxylic acids is 1. The molecule has 0 saturated carbocycles. The van der Waals surface area contributed by atoms with Gasteiger partial charge in [-0.25, -0.2) is 9.37 Å². The normalized spacial score (nSPS) is 11.1. The van der Waals surface area contributed by atoms with E-state index in [-0.39, 0.29) is 29.6 Å². The summed E-state index contributed by atoms with van der Waals surface area (Å²) >= 11 is 1.19. The molecule has 0 aliphatic carbocycles. The summed E-state index contributed by atoms with van der Waals surface area (Å²) < 4.78 is 14.7. The lowest BCUT2D eigenvalue weighted by Gasteiger charge is -2.13. The summed E-state index contributed by atoms with van der Waals surface area (Å²) in [5, 5.41) is 3.26. The van der Waals surface area contributed by atoms with E-state index < -0.39 is 0 Å². The Labute approximate surface area is 211 Å². The van der Waals surface area contributed by atoms with Crippen LogP contribution in [0.4, 0.5) is 4.39 Å². The number of aromatic nitrogens is 3. The minimum atomic E-state index is -0.323. The number of amides is 1. The van der Waals surface area contributed by atoms with Crippen LogP contribution in [0.2, 0.25) is 0 Å². The number of H-pyrrole nitrogens is 1. The quantitative estimate of drug-likeness (QED) is 0.238. The van der Waals surface area contributed by atoms with Crippen LogP contribution in [0.3, 0.4) is 0 Å². The highest BCUT2D eigenvalue weighted by molar-refractivity contribution is 7.99. The van der Waals surface area contributed by atoms with Crippen molar-refractivity contribution < 1.29 is 9.18 Å². The van der Waals surface area contributed by atoms with E-state index >= 15 is 0 Å². The third-order valence-corrected chi connectivity index (χ3v) is 6.72. The number of nitrogens with one attached hydrogen (secondary N) is 2. The number of halogens is 1. The Bertz CT molecular complexity index is 1580. The van der Waals surface area contributed by atoms with Crippen LogP contribution in [0.5, 0.6) is 0 Å². The first-order chi connectivity index (χ1) is 17.5. The van der Waals surface area contributed by atoms with Gasteiger partial charge in [-0.15, -0.1) is 0 Å². The second-order valence-corrected chi connectivity index (χ2v) is 9.30. The van der Waals surface area contributed by atoms with E-state index in [1.54, 1.807) is 18.3 Å². The van der Waals surface area contributed by atoms with Gasteiger partial charge in [-0.3, -0.25) is 14.2 Å². The number of fused-ring (bicyclic) bond motifs is 1. The second kappa shape index (κ2) is 10.2. The smallest absolute Gasteiger partial charge is 0.283 e. The summed E-state index contributed by atoms with van der Waals surface area (Å²) in [6, 6.07) is 23.3. The molecule has 3 aromatic carbocycles. The zero-order chi connectivity index (χ0) is 25.1. The fourth-order valence-corrected chi connectivity index (χ4v) is 4.71. The molecule has 0 atom stereocenters. The van der Waals surface area contributed by atoms with Gasteiger partial charge in [-0.1, -0.05) is 71.9 Å². The fraction of sp³-hybridized carbons (Fsp3) is 0.107. The van der Waals surface area contributed by atoms with E-state index in [0.717, 1.165) is 22.3 Å². The molecular formula is C28H23FN4O2S. The van der Waals surface area contributed by atoms with Crippen LogP contribution in [0, 0.1) is 12.7 Å². The Morgan fingerprint density at radius 1 is 1.03 bits per heavy atom. The van der Waals surface area contributed by atoms with Gasteiger partial charge < -0.3 is 10.3 Å². The minimum absolute atomic E-state index is 0.0656. The Balaban J connectivity index is 1.48.